The zero-order valence-corrected chi connectivity index (χ0v) is 20.3. The molecule has 1 unspecified atom stereocenters. The quantitative estimate of drug-likeness (QED) is 0.555. The van der Waals surface area contributed by atoms with Crippen LogP contribution in [-0.4, -0.2) is 41.8 Å². The number of hydrogen-bond acceptors (Lipinski definition) is 8. The van der Waals surface area contributed by atoms with Crippen LogP contribution in [0.5, 0.6) is 11.5 Å². The van der Waals surface area contributed by atoms with Gasteiger partial charge in [0, 0.05) is 0 Å². The topological polar surface area (TPSA) is 111 Å². The van der Waals surface area contributed by atoms with Crippen LogP contribution >= 0.6 is 23.5 Å². The fraction of sp³-hybridized carbons (Fsp3) is 0.478. The first-order chi connectivity index (χ1) is 15.9. The van der Waals surface area contributed by atoms with E-state index in [1.54, 1.807) is 13.2 Å². The summed E-state index contributed by atoms with van der Waals surface area (Å²) in [5.74, 6) is 2.34. The van der Waals surface area contributed by atoms with Crippen LogP contribution in [0.4, 0.5) is 9.59 Å². The summed E-state index contributed by atoms with van der Waals surface area (Å²) in [7, 11) is 1.60. The molecule has 0 bridgehead atoms. The second-order valence-electron chi connectivity index (χ2n) is 8.07. The van der Waals surface area contributed by atoms with Crippen molar-refractivity contribution in [2.24, 2.45) is 11.8 Å². The average molecular weight is 493 g/mol. The van der Waals surface area contributed by atoms with Crippen molar-refractivity contribution in [2.75, 3.05) is 19.5 Å². The van der Waals surface area contributed by atoms with Crippen LogP contribution in [0, 0.1) is 11.8 Å². The highest BCUT2D eigenvalue weighted by Gasteiger charge is 2.25. The van der Waals surface area contributed by atoms with E-state index in [-0.39, 0.29) is 22.3 Å². The molecule has 1 atom stereocenters. The Kier molecular flexibility index (Phi) is 9.25. The third-order valence-electron chi connectivity index (χ3n) is 5.66. The van der Waals surface area contributed by atoms with Crippen LogP contribution < -0.4 is 20.1 Å². The van der Waals surface area contributed by atoms with Crippen molar-refractivity contribution < 1.29 is 28.7 Å². The minimum atomic E-state index is -0.361. The predicted octanol–water partition coefficient (Wildman–Crippen LogP) is 4.58. The summed E-state index contributed by atoms with van der Waals surface area (Å²) < 4.78 is 11.5. The molecule has 8 nitrogen and oxygen atoms in total. The molecule has 2 aliphatic heterocycles. The van der Waals surface area contributed by atoms with Gasteiger partial charge in [0.1, 0.15) is 0 Å². The molecular formula is C23H28N2O6S2. The Morgan fingerprint density at radius 2 is 1.82 bits per heavy atom. The van der Waals surface area contributed by atoms with Crippen LogP contribution in [0.1, 0.15) is 44.6 Å². The maximum Gasteiger partial charge on any atom is 0.290 e. The lowest BCUT2D eigenvalue weighted by molar-refractivity contribution is -0.117. The summed E-state index contributed by atoms with van der Waals surface area (Å²) >= 11 is 1.91. The highest BCUT2D eigenvalue weighted by Crippen LogP contribution is 2.34. The number of hydrogen-bond donors (Lipinski definition) is 2. The van der Waals surface area contributed by atoms with E-state index in [4.69, 9.17) is 9.47 Å². The maximum absolute atomic E-state index is 11.7. The summed E-state index contributed by atoms with van der Waals surface area (Å²) in [5, 5.41) is 3.78. The number of carbonyl (C=O) groups excluding carboxylic acids is 4. The number of ether oxygens (including phenoxy) is 2. The molecule has 4 amide bonds. The minimum absolute atomic E-state index is 0.185. The Morgan fingerprint density at radius 1 is 1.06 bits per heavy atom. The Balaban J connectivity index is 0.000000374. The molecule has 1 aromatic carbocycles. The first-order valence-electron chi connectivity index (χ1n) is 10.9. The Labute approximate surface area is 201 Å². The first kappa shape index (κ1) is 25.2. The molecule has 0 spiro atoms. The molecule has 3 aliphatic rings. The summed E-state index contributed by atoms with van der Waals surface area (Å²) in [6.45, 7) is 2.93. The fourth-order valence-electron chi connectivity index (χ4n) is 3.84. The van der Waals surface area contributed by atoms with Crippen molar-refractivity contribution in [1.29, 1.82) is 0 Å². The predicted molar refractivity (Wildman–Crippen MR) is 129 cm³/mol. The second-order valence-corrected chi connectivity index (χ2v) is 10.0. The third-order valence-corrected chi connectivity index (χ3v) is 7.24. The van der Waals surface area contributed by atoms with Crippen molar-refractivity contribution in [2.45, 2.75) is 39.0 Å². The van der Waals surface area contributed by atoms with Gasteiger partial charge >= 0.3 is 0 Å². The number of methoxy groups -OCH3 is 1. The van der Waals surface area contributed by atoms with Crippen LogP contribution in [-0.2, 0) is 9.59 Å². The van der Waals surface area contributed by atoms with Crippen molar-refractivity contribution >= 4 is 51.9 Å². The molecule has 2 N–H and O–H groups in total. The number of carbonyl (C=O) groups is 4. The van der Waals surface area contributed by atoms with Gasteiger partial charge in [-0.15, -0.1) is 0 Å². The third kappa shape index (κ3) is 7.53. The van der Waals surface area contributed by atoms with Crippen molar-refractivity contribution in [3.05, 3.63) is 28.7 Å². The van der Waals surface area contributed by atoms with E-state index in [0.29, 0.717) is 34.7 Å². The molecular weight excluding hydrogens is 464 g/mol. The number of nitrogens with one attached hydrogen (secondary N) is 2. The van der Waals surface area contributed by atoms with Gasteiger partial charge < -0.3 is 9.47 Å². The van der Waals surface area contributed by atoms with Gasteiger partial charge in [0.05, 0.1) is 24.4 Å². The largest absolute Gasteiger partial charge is 0.493 e. The zero-order valence-electron chi connectivity index (χ0n) is 18.7. The molecule has 33 heavy (non-hydrogen) atoms. The van der Waals surface area contributed by atoms with Gasteiger partial charge in [-0.1, -0.05) is 56.9 Å². The van der Waals surface area contributed by atoms with E-state index in [0.717, 1.165) is 35.0 Å². The molecule has 178 valence electrons. The molecule has 2 heterocycles. The van der Waals surface area contributed by atoms with Crippen molar-refractivity contribution in [3.8, 4) is 11.5 Å². The standard InChI is InChI=1S/C20H25NO4S.C3H3NO2S/c1-13(15-6-4-3-5-7-15)12-25-16-9-8-14(10-17(16)24-2)11-18-19(22)21-20(23)26-18;5-2-1-7-3(6)4-2/h8-11,13,15H,3-7,12H2,1-2H3,(H,21,22,23);1H2,(H,4,5,6). The molecule has 3 fully saturated rings. The van der Waals surface area contributed by atoms with Crippen LogP contribution in [0.25, 0.3) is 6.08 Å². The Hall–Kier alpha value is -2.46. The average Bonchev–Trinajstić information content (AvgIpc) is 3.35. The number of benzene rings is 1. The van der Waals surface area contributed by atoms with Crippen molar-refractivity contribution in [1.82, 2.24) is 10.6 Å². The molecule has 0 radical (unpaired) electrons. The monoisotopic (exact) mass is 492 g/mol. The number of imide groups is 2. The summed E-state index contributed by atoms with van der Waals surface area (Å²) in [5.41, 5.74) is 0.793. The molecule has 4 rings (SSSR count). The normalized spacial score (nSPS) is 20.7. The smallest absolute Gasteiger partial charge is 0.290 e. The highest BCUT2D eigenvalue weighted by molar-refractivity contribution is 8.18. The Morgan fingerprint density at radius 3 is 2.36 bits per heavy atom. The first-order valence-corrected chi connectivity index (χ1v) is 12.7. The van der Waals surface area contributed by atoms with Gasteiger partial charge in [0.15, 0.2) is 11.5 Å². The molecule has 10 heteroatoms. The zero-order chi connectivity index (χ0) is 23.8. The lowest BCUT2D eigenvalue weighted by Crippen LogP contribution is -2.21. The van der Waals surface area contributed by atoms with Gasteiger partial charge in [0.25, 0.3) is 16.4 Å². The van der Waals surface area contributed by atoms with Crippen LogP contribution in [0.3, 0.4) is 0 Å². The SMILES string of the molecule is COc1cc(C=C2SC(=O)NC2=O)ccc1OCC(C)C1CCCCC1.O=C1CSC(=O)N1. The van der Waals surface area contributed by atoms with Gasteiger partial charge in [-0.25, -0.2) is 0 Å². The number of amides is 4. The number of thioether (sulfide) groups is 2. The van der Waals surface area contributed by atoms with Gasteiger partial charge in [-0.05, 0) is 47.4 Å². The Bertz CT molecular complexity index is 929. The molecule has 1 aromatic rings. The van der Waals surface area contributed by atoms with Crippen LogP contribution in [0.15, 0.2) is 23.1 Å². The summed E-state index contributed by atoms with van der Waals surface area (Å²) in [4.78, 5) is 43.5. The summed E-state index contributed by atoms with van der Waals surface area (Å²) in [6.07, 6.45) is 8.30. The van der Waals surface area contributed by atoms with Crippen LogP contribution in [0.2, 0.25) is 0 Å². The van der Waals surface area contributed by atoms with E-state index >= 15 is 0 Å². The molecule has 1 aliphatic carbocycles. The fourth-order valence-corrected chi connectivity index (χ4v) is 5.05. The van der Waals surface area contributed by atoms with Crippen molar-refractivity contribution in [3.63, 3.8) is 0 Å². The maximum atomic E-state index is 11.7. The van der Waals surface area contributed by atoms with E-state index in [9.17, 15) is 19.2 Å². The molecule has 0 aromatic heterocycles. The molecule has 2 saturated heterocycles. The lowest BCUT2D eigenvalue weighted by Gasteiger charge is -2.27. The van der Waals surface area contributed by atoms with E-state index in [1.807, 2.05) is 18.2 Å². The van der Waals surface area contributed by atoms with Gasteiger partial charge in [-0.2, -0.15) is 0 Å². The minimum Gasteiger partial charge on any atom is -0.493 e. The van der Waals surface area contributed by atoms with E-state index in [1.165, 1.54) is 32.1 Å². The van der Waals surface area contributed by atoms with E-state index in [2.05, 4.69) is 17.6 Å². The van der Waals surface area contributed by atoms with Gasteiger partial charge in [-0.3, -0.25) is 29.8 Å². The van der Waals surface area contributed by atoms with E-state index < -0.39 is 0 Å². The van der Waals surface area contributed by atoms with Gasteiger partial charge in [0.2, 0.25) is 5.91 Å². The number of rotatable bonds is 6. The summed E-state index contributed by atoms with van der Waals surface area (Å²) in [6, 6.07) is 5.55. The molecule has 1 saturated carbocycles. The lowest BCUT2D eigenvalue weighted by atomic mass is 9.81. The second kappa shape index (κ2) is 12.1. The highest BCUT2D eigenvalue weighted by atomic mass is 32.2.